The molecule has 0 aliphatic carbocycles. The third kappa shape index (κ3) is 3.35. The quantitative estimate of drug-likeness (QED) is 0.821. The summed E-state index contributed by atoms with van der Waals surface area (Å²) >= 11 is 0. The number of ether oxygens (including phenoxy) is 1. The minimum absolute atomic E-state index is 0.124. The first-order valence-corrected chi connectivity index (χ1v) is 6.96. The summed E-state index contributed by atoms with van der Waals surface area (Å²) in [5.41, 5.74) is 0. The topological polar surface area (TPSA) is 41.6 Å². The predicted octanol–water partition coefficient (Wildman–Crippen LogP) is 2.14. The third-order valence-corrected chi connectivity index (χ3v) is 3.77. The Hall–Kier alpha value is -0.770. The molecule has 4 nitrogen and oxygen atoms in total. The second kappa shape index (κ2) is 6.24. The van der Waals surface area contributed by atoms with E-state index in [9.17, 15) is 4.79 Å². The Labute approximate surface area is 104 Å². The number of carbonyl (C=O) groups excluding carboxylic acids is 1. The molecule has 0 aromatic rings. The Balaban J connectivity index is 1.86. The average Bonchev–Trinajstić information content (AvgIpc) is 2.83. The van der Waals surface area contributed by atoms with Crippen molar-refractivity contribution in [3.8, 4) is 0 Å². The van der Waals surface area contributed by atoms with Crippen molar-refractivity contribution in [3.05, 3.63) is 0 Å². The molecule has 1 N–H and O–H groups in total. The van der Waals surface area contributed by atoms with Crippen LogP contribution in [0.5, 0.6) is 0 Å². The number of likely N-dealkylation sites (tertiary alicyclic amines) is 1. The maximum absolute atomic E-state index is 12.2. The highest BCUT2D eigenvalue weighted by Gasteiger charge is 2.28. The van der Waals surface area contributed by atoms with E-state index in [4.69, 9.17) is 4.74 Å². The molecular weight excluding hydrogens is 216 g/mol. The van der Waals surface area contributed by atoms with Crippen LogP contribution in [0, 0.1) is 0 Å². The van der Waals surface area contributed by atoms with Crippen molar-refractivity contribution in [2.45, 2.75) is 57.5 Å². The van der Waals surface area contributed by atoms with Gasteiger partial charge in [0.2, 0.25) is 0 Å². The number of amides is 2. The SMILES string of the molecule is CCCC1CCCCN1C(=O)NC1CCOC1. The minimum Gasteiger partial charge on any atom is -0.379 e. The highest BCUT2D eigenvalue weighted by Crippen LogP contribution is 2.21. The van der Waals surface area contributed by atoms with Crippen molar-refractivity contribution in [1.82, 2.24) is 10.2 Å². The van der Waals surface area contributed by atoms with Crippen molar-refractivity contribution in [1.29, 1.82) is 0 Å². The second-order valence-electron chi connectivity index (χ2n) is 5.14. The molecule has 0 aromatic carbocycles. The van der Waals surface area contributed by atoms with Gasteiger partial charge in [0.1, 0.15) is 0 Å². The van der Waals surface area contributed by atoms with Crippen LogP contribution in [0.1, 0.15) is 45.4 Å². The van der Waals surface area contributed by atoms with Crippen LogP contribution in [0.4, 0.5) is 4.79 Å². The maximum Gasteiger partial charge on any atom is 0.317 e. The number of hydrogen-bond donors (Lipinski definition) is 1. The van der Waals surface area contributed by atoms with Gasteiger partial charge >= 0.3 is 6.03 Å². The number of carbonyl (C=O) groups is 1. The van der Waals surface area contributed by atoms with Crippen LogP contribution in [-0.2, 0) is 4.74 Å². The molecule has 2 rings (SSSR count). The number of rotatable bonds is 3. The normalized spacial score (nSPS) is 29.4. The molecule has 17 heavy (non-hydrogen) atoms. The monoisotopic (exact) mass is 240 g/mol. The van der Waals surface area contributed by atoms with E-state index >= 15 is 0 Å². The molecule has 2 aliphatic rings. The molecule has 0 saturated carbocycles. The van der Waals surface area contributed by atoms with E-state index in [0.717, 1.165) is 38.8 Å². The van der Waals surface area contributed by atoms with Crippen LogP contribution in [-0.4, -0.2) is 42.8 Å². The van der Waals surface area contributed by atoms with Crippen LogP contribution in [0.2, 0.25) is 0 Å². The van der Waals surface area contributed by atoms with Gasteiger partial charge in [-0.1, -0.05) is 13.3 Å². The molecule has 98 valence electrons. The molecule has 2 heterocycles. The van der Waals surface area contributed by atoms with E-state index in [2.05, 4.69) is 12.2 Å². The number of nitrogens with one attached hydrogen (secondary N) is 1. The van der Waals surface area contributed by atoms with Gasteiger partial charge in [0.05, 0.1) is 12.6 Å². The zero-order valence-electron chi connectivity index (χ0n) is 10.8. The fourth-order valence-electron chi connectivity index (χ4n) is 2.81. The van der Waals surface area contributed by atoms with Crippen LogP contribution < -0.4 is 5.32 Å². The molecule has 0 bridgehead atoms. The van der Waals surface area contributed by atoms with Crippen LogP contribution in [0.15, 0.2) is 0 Å². The van der Waals surface area contributed by atoms with E-state index in [-0.39, 0.29) is 12.1 Å². The molecule has 0 spiro atoms. The van der Waals surface area contributed by atoms with Crippen molar-refractivity contribution < 1.29 is 9.53 Å². The fraction of sp³-hybridized carbons (Fsp3) is 0.923. The number of hydrogen-bond acceptors (Lipinski definition) is 2. The minimum atomic E-state index is 0.124. The van der Waals surface area contributed by atoms with Crippen LogP contribution in [0.25, 0.3) is 0 Å². The Kier molecular flexibility index (Phi) is 4.66. The lowest BCUT2D eigenvalue weighted by molar-refractivity contribution is 0.140. The van der Waals surface area contributed by atoms with E-state index in [1.165, 1.54) is 12.8 Å². The van der Waals surface area contributed by atoms with Gasteiger partial charge in [-0.05, 0) is 32.1 Å². The van der Waals surface area contributed by atoms with Crippen molar-refractivity contribution >= 4 is 6.03 Å². The summed E-state index contributed by atoms with van der Waals surface area (Å²) in [6, 6.07) is 0.807. The molecule has 0 aromatic heterocycles. The second-order valence-corrected chi connectivity index (χ2v) is 5.14. The van der Waals surface area contributed by atoms with Gasteiger partial charge in [-0.2, -0.15) is 0 Å². The lowest BCUT2D eigenvalue weighted by Gasteiger charge is -2.36. The Bertz CT molecular complexity index is 250. The summed E-state index contributed by atoms with van der Waals surface area (Å²) < 4.78 is 5.29. The number of piperidine rings is 1. The zero-order valence-corrected chi connectivity index (χ0v) is 10.8. The van der Waals surface area contributed by atoms with Crippen LogP contribution >= 0.6 is 0 Å². The fourth-order valence-corrected chi connectivity index (χ4v) is 2.81. The van der Waals surface area contributed by atoms with Gasteiger partial charge in [-0.15, -0.1) is 0 Å². The third-order valence-electron chi connectivity index (χ3n) is 3.77. The molecule has 2 atom stereocenters. The molecule has 2 aliphatic heterocycles. The van der Waals surface area contributed by atoms with E-state index < -0.39 is 0 Å². The summed E-state index contributed by atoms with van der Waals surface area (Å²) in [5, 5.41) is 3.10. The van der Waals surface area contributed by atoms with Gasteiger partial charge in [-0.3, -0.25) is 0 Å². The summed E-state index contributed by atoms with van der Waals surface area (Å²) in [7, 11) is 0. The van der Waals surface area contributed by atoms with Gasteiger partial charge in [-0.25, -0.2) is 4.79 Å². The first-order valence-electron chi connectivity index (χ1n) is 6.96. The Morgan fingerprint density at radius 2 is 2.29 bits per heavy atom. The van der Waals surface area contributed by atoms with E-state index in [0.29, 0.717) is 12.6 Å². The highest BCUT2D eigenvalue weighted by atomic mass is 16.5. The highest BCUT2D eigenvalue weighted by molar-refractivity contribution is 5.75. The zero-order chi connectivity index (χ0) is 12.1. The summed E-state index contributed by atoms with van der Waals surface area (Å²) in [5.74, 6) is 0. The molecule has 2 saturated heterocycles. The lowest BCUT2D eigenvalue weighted by atomic mass is 9.99. The summed E-state index contributed by atoms with van der Waals surface area (Å²) in [6.07, 6.45) is 6.83. The number of urea groups is 1. The molecule has 2 fully saturated rings. The maximum atomic E-state index is 12.2. The first-order chi connectivity index (χ1) is 8.31. The Morgan fingerprint density at radius 1 is 1.41 bits per heavy atom. The molecule has 2 amide bonds. The van der Waals surface area contributed by atoms with Crippen LogP contribution in [0.3, 0.4) is 0 Å². The average molecular weight is 240 g/mol. The molecule has 2 unspecified atom stereocenters. The molecular formula is C13H24N2O2. The van der Waals surface area contributed by atoms with E-state index in [1.54, 1.807) is 0 Å². The largest absolute Gasteiger partial charge is 0.379 e. The molecule has 0 radical (unpaired) electrons. The van der Waals surface area contributed by atoms with Gasteiger partial charge in [0.25, 0.3) is 0 Å². The van der Waals surface area contributed by atoms with E-state index in [1.807, 2.05) is 4.90 Å². The summed E-state index contributed by atoms with van der Waals surface area (Å²) in [4.78, 5) is 14.2. The lowest BCUT2D eigenvalue weighted by Crippen LogP contribution is -2.51. The standard InChI is InChI=1S/C13H24N2O2/c1-2-5-12-6-3-4-8-15(12)13(16)14-11-7-9-17-10-11/h11-12H,2-10H2,1H3,(H,14,16). The van der Waals surface area contributed by atoms with Gasteiger partial charge in [0.15, 0.2) is 0 Å². The van der Waals surface area contributed by atoms with Crippen molar-refractivity contribution in [2.24, 2.45) is 0 Å². The summed E-state index contributed by atoms with van der Waals surface area (Å²) in [6.45, 7) is 4.57. The Morgan fingerprint density at radius 3 is 3.00 bits per heavy atom. The van der Waals surface area contributed by atoms with Gasteiger partial charge in [0, 0.05) is 19.2 Å². The first kappa shape index (κ1) is 12.7. The van der Waals surface area contributed by atoms with Crippen molar-refractivity contribution in [2.75, 3.05) is 19.8 Å². The van der Waals surface area contributed by atoms with Crippen molar-refractivity contribution in [3.63, 3.8) is 0 Å². The number of nitrogens with zero attached hydrogens (tertiary/aromatic N) is 1. The molecule has 4 heteroatoms. The predicted molar refractivity (Wildman–Crippen MR) is 67.0 cm³/mol. The van der Waals surface area contributed by atoms with Gasteiger partial charge < -0.3 is 15.0 Å². The smallest absolute Gasteiger partial charge is 0.317 e.